The number of carbonyl (C=O) groups excluding carboxylic acids is 2. The molecule has 0 spiro atoms. The SMILES string of the molecule is CCCN1C(=NC(=O)c2cccc(C(N)=O)c2)Cc2ccccc21. The predicted molar refractivity (Wildman–Crippen MR) is 94.5 cm³/mol. The van der Waals surface area contributed by atoms with Crippen LogP contribution in [-0.4, -0.2) is 24.2 Å². The summed E-state index contributed by atoms with van der Waals surface area (Å²) in [4.78, 5) is 30.2. The van der Waals surface area contributed by atoms with E-state index in [4.69, 9.17) is 5.73 Å². The first-order valence-electron chi connectivity index (χ1n) is 7.97. The Balaban J connectivity index is 1.92. The molecular formula is C19H19N3O2. The van der Waals surface area contributed by atoms with Crippen LogP contribution in [0, 0.1) is 0 Å². The maximum atomic E-state index is 12.5. The van der Waals surface area contributed by atoms with E-state index in [2.05, 4.69) is 22.9 Å². The van der Waals surface area contributed by atoms with E-state index in [-0.39, 0.29) is 5.91 Å². The molecule has 0 radical (unpaired) electrons. The van der Waals surface area contributed by atoms with Gasteiger partial charge >= 0.3 is 0 Å². The molecule has 2 aromatic rings. The van der Waals surface area contributed by atoms with E-state index >= 15 is 0 Å². The number of aliphatic imine (C=N–C) groups is 1. The first kappa shape index (κ1) is 15.9. The number of amidine groups is 1. The Labute approximate surface area is 140 Å². The number of fused-ring (bicyclic) bond motifs is 1. The van der Waals surface area contributed by atoms with Crippen LogP contribution in [0.2, 0.25) is 0 Å². The molecule has 0 saturated heterocycles. The fourth-order valence-corrected chi connectivity index (χ4v) is 2.89. The van der Waals surface area contributed by atoms with E-state index < -0.39 is 5.91 Å². The summed E-state index contributed by atoms with van der Waals surface area (Å²) in [5.41, 5.74) is 8.22. The molecule has 2 N–H and O–H groups in total. The van der Waals surface area contributed by atoms with E-state index in [1.54, 1.807) is 18.2 Å². The Bertz CT molecular complexity index is 827. The van der Waals surface area contributed by atoms with Gasteiger partial charge in [0.2, 0.25) is 5.91 Å². The zero-order valence-corrected chi connectivity index (χ0v) is 13.5. The summed E-state index contributed by atoms with van der Waals surface area (Å²) < 4.78 is 0. The maximum Gasteiger partial charge on any atom is 0.278 e. The average molecular weight is 321 g/mol. The summed E-state index contributed by atoms with van der Waals surface area (Å²) in [6, 6.07) is 14.4. The number of amides is 2. The molecule has 24 heavy (non-hydrogen) atoms. The highest BCUT2D eigenvalue weighted by Crippen LogP contribution is 2.29. The van der Waals surface area contributed by atoms with Crippen LogP contribution >= 0.6 is 0 Å². The monoisotopic (exact) mass is 321 g/mol. The van der Waals surface area contributed by atoms with Crippen molar-refractivity contribution in [1.29, 1.82) is 0 Å². The van der Waals surface area contributed by atoms with Crippen molar-refractivity contribution in [2.75, 3.05) is 11.4 Å². The van der Waals surface area contributed by atoms with Crippen molar-refractivity contribution >= 4 is 23.3 Å². The van der Waals surface area contributed by atoms with E-state index in [9.17, 15) is 9.59 Å². The van der Waals surface area contributed by atoms with Gasteiger partial charge in [0.05, 0.1) is 0 Å². The number of nitrogens with zero attached hydrogens (tertiary/aromatic N) is 2. The number of primary amides is 1. The zero-order valence-electron chi connectivity index (χ0n) is 13.5. The van der Waals surface area contributed by atoms with Crippen LogP contribution in [0.4, 0.5) is 5.69 Å². The van der Waals surface area contributed by atoms with E-state index in [1.165, 1.54) is 11.6 Å². The summed E-state index contributed by atoms with van der Waals surface area (Å²) in [5, 5.41) is 0. The van der Waals surface area contributed by atoms with Crippen LogP contribution in [0.3, 0.4) is 0 Å². The first-order valence-corrected chi connectivity index (χ1v) is 7.97. The third-order valence-electron chi connectivity index (χ3n) is 4.01. The smallest absolute Gasteiger partial charge is 0.278 e. The second-order valence-electron chi connectivity index (χ2n) is 5.74. The summed E-state index contributed by atoms with van der Waals surface area (Å²) >= 11 is 0. The van der Waals surface area contributed by atoms with Gasteiger partial charge in [-0.3, -0.25) is 9.59 Å². The second kappa shape index (κ2) is 6.66. The molecule has 0 aromatic heterocycles. The normalized spacial score (nSPS) is 14.7. The topological polar surface area (TPSA) is 75.8 Å². The second-order valence-corrected chi connectivity index (χ2v) is 5.74. The minimum atomic E-state index is -0.557. The van der Waals surface area contributed by atoms with Gasteiger partial charge in [-0.2, -0.15) is 4.99 Å². The van der Waals surface area contributed by atoms with Crippen LogP contribution < -0.4 is 10.6 Å². The zero-order chi connectivity index (χ0) is 17.1. The van der Waals surface area contributed by atoms with Gasteiger partial charge in [-0.1, -0.05) is 31.2 Å². The van der Waals surface area contributed by atoms with Gasteiger partial charge < -0.3 is 10.6 Å². The highest BCUT2D eigenvalue weighted by Gasteiger charge is 2.25. The number of anilines is 1. The van der Waals surface area contributed by atoms with Crippen molar-refractivity contribution in [3.63, 3.8) is 0 Å². The number of para-hydroxylation sites is 1. The number of benzene rings is 2. The van der Waals surface area contributed by atoms with Crippen LogP contribution in [-0.2, 0) is 6.42 Å². The quantitative estimate of drug-likeness (QED) is 0.941. The third kappa shape index (κ3) is 3.06. The molecule has 5 heteroatoms. The fourth-order valence-electron chi connectivity index (χ4n) is 2.89. The van der Waals surface area contributed by atoms with Gasteiger partial charge in [-0.25, -0.2) is 0 Å². The van der Waals surface area contributed by atoms with Gasteiger partial charge in [-0.15, -0.1) is 0 Å². The average Bonchev–Trinajstić information content (AvgIpc) is 2.93. The summed E-state index contributed by atoms with van der Waals surface area (Å²) in [6.45, 7) is 2.90. The Hall–Kier alpha value is -2.95. The number of carbonyl (C=O) groups is 2. The molecule has 1 aliphatic heterocycles. The van der Waals surface area contributed by atoms with Crippen LogP contribution in [0.25, 0.3) is 0 Å². The highest BCUT2D eigenvalue weighted by molar-refractivity contribution is 6.12. The summed E-state index contributed by atoms with van der Waals surface area (Å²) in [5.74, 6) is -0.173. The summed E-state index contributed by atoms with van der Waals surface area (Å²) in [6.07, 6.45) is 1.59. The Morgan fingerprint density at radius 3 is 2.62 bits per heavy atom. The number of rotatable bonds is 4. The van der Waals surface area contributed by atoms with E-state index in [0.29, 0.717) is 17.5 Å². The predicted octanol–water partition coefficient (Wildman–Crippen LogP) is 2.80. The molecular weight excluding hydrogens is 302 g/mol. The Kier molecular flexibility index (Phi) is 4.42. The lowest BCUT2D eigenvalue weighted by molar-refractivity contribution is 0.0999. The van der Waals surface area contributed by atoms with Gasteiger partial charge in [0.25, 0.3) is 5.91 Å². The van der Waals surface area contributed by atoms with Gasteiger partial charge in [-0.05, 0) is 36.2 Å². The molecule has 0 unspecified atom stereocenters. The van der Waals surface area contributed by atoms with Gasteiger partial charge in [0.15, 0.2) is 0 Å². The molecule has 0 bridgehead atoms. The molecule has 0 fully saturated rings. The number of hydrogen-bond donors (Lipinski definition) is 1. The molecule has 0 atom stereocenters. The maximum absolute atomic E-state index is 12.5. The Morgan fingerprint density at radius 2 is 1.88 bits per heavy atom. The Morgan fingerprint density at radius 1 is 1.12 bits per heavy atom. The molecule has 1 heterocycles. The standard InChI is InChI=1S/C19H19N3O2/c1-2-10-22-16-9-4-3-6-13(16)12-17(22)21-19(24)15-8-5-7-14(11-15)18(20)23/h3-9,11H,2,10,12H2,1H3,(H2,20,23). The van der Waals surface area contributed by atoms with Crippen LogP contribution in [0.15, 0.2) is 53.5 Å². The van der Waals surface area contributed by atoms with Crippen molar-refractivity contribution in [3.05, 3.63) is 65.2 Å². The minimum absolute atomic E-state index is 0.307. The molecule has 0 aliphatic carbocycles. The molecule has 5 nitrogen and oxygen atoms in total. The van der Waals surface area contributed by atoms with Crippen molar-refractivity contribution < 1.29 is 9.59 Å². The molecule has 2 aromatic carbocycles. The molecule has 122 valence electrons. The van der Waals surface area contributed by atoms with Gasteiger partial charge in [0.1, 0.15) is 5.84 Å². The van der Waals surface area contributed by atoms with Crippen molar-refractivity contribution in [1.82, 2.24) is 0 Å². The lowest BCUT2D eigenvalue weighted by Crippen LogP contribution is -2.28. The van der Waals surface area contributed by atoms with Crippen molar-refractivity contribution in [3.8, 4) is 0 Å². The molecule has 3 rings (SSSR count). The lowest BCUT2D eigenvalue weighted by Gasteiger charge is -2.19. The van der Waals surface area contributed by atoms with Crippen LogP contribution in [0.1, 0.15) is 39.6 Å². The highest BCUT2D eigenvalue weighted by atomic mass is 16.1. The van der Waals surface area contributed by atoms with Crippen molar-refractivity contribution in [2.45, 2.75) is 19.8 Å². The van der Waals surface area contributed by atoms with Gasteiger partial charge in [0, 0.05) is 29.8 Å². The van der Waals surface area contributed by atoms with E-state index in [1.807, 2.05) is 18.2 Å². The molecule has 1 aliphatic rings. The third-order valence-corrected chi connectivity index (χ3v) is 4.01. The van der Waals surface area contributed by atoms with E-state index in [0.717, 1.165) is 24.5 Å². The largest absolute Gasteiger partial charge is 0.366 e. The fraction of sp³-hybridized carbons (Fsp3) is 0.211. The summed E-state index contributed by atoms with van der Waals surface area (Å²) in [7, 11) is 0. The molecule has 2 amide bonds. The lowest BCUT2D eigenvalue weighted by atomic mass is 10.1. The van der Waals surface area contributed by atoms with Crippen LogP contribution in [0.5, 0.6) is 0 Å². The number of hydrogen-bond acceptors (Lipinski definition) is 2. The number of nitrogens with two attached hydrogens (primary N) is 1. The van der Waals surface area contributed by atoms with Crippen molar-refractivity contribution in [2.24, 2.45) is 10.7 Å². The molecule has 0 saturated carbocycles. The first-order chi connectivity index (χ1) is 11.6. The minimum Gasteiger partial charge on any atom is -0.366 e.